The van der Waals surface area contributed by atoms with Gasteiger partial charge >= 0.3 is 0 Å². The molecule has 3 aromatic rings. The number of hydrogen-bond acceptors (Lipinski definition) is 4. The molecule has 0 bridgehead atoms. The van der Waals surface area contributed by atoms with Gasteiger partial charge in [0.25, 0.3) is 0 Å². The fraction of sp³-hybridized carbons (Fsp3) is 0.0625. The third kappa shape index (κ3) is 2.53. The molecule has 3 heterocycles. The minimum Gasteiger partial charge on any atom is -0.506 e. The van der Waals surface area contributed by atoms with Crippen LogP contribution in [-0.4, -0.2) is 20.2 Å². The molecule has 0 saturated heterocycles. The van der Waals surface area contributed by atoms with Crippen LogP contribution in [0.5, 0.6) is 11.5 Å². The summed E-state index contributed by atoms with van der Waals surface area (Å²) in [6.45, 7) is 0. The van der Waals surface area contributed by atoms with E-state index in [1.54, 1.807) is 35.2 Å². The van der Waals surface area contributed by atoms with Gasteiger partial charge in [-0.05, 0) is 18.2 Å². The number of aromatic hydroxyl groups is 2. The maximum Gasteiger partial charge on any atom is 0.211 e. The van der Waals surface area contributed by atoms with Crippen LogP contribution < -0.4 is 4.57 Å². The van der Waals surface area contributed by atoms with Gasteiger partial charge in [-0.1, -0.05) is 6.07 Å². The minimum absolute atomic E-state index is 0.0748. The summed E-state index contributed by atoms with van der Waals surface area (Å²) in [6, 6.07) is 8.96. The van der Waals surface area contributed by atoms with Crippen LogP contribution in [0.2, 0.25) is 0 Å². The van der Waals surface area contributed by atoms with Gasteiger partial charge in [0.05, 0.1) is 23.1 Å². The number of pyridine rings is 3. The Bertz CT molecular complexity index is 803. The van der Waals surface area contributed by atoms with Crippen molar-refractivity contribution in [3.05, 3.63) is 55.1 Å². The monoisotopic (exact) mass is 280 g/mol. The zero-order chi connectivity index (χ0) is 14.8. The van der Waals surface area contributed by atoms with Crippen molar-refractivity contribution in [2.75, 3.05) is 0 Å². The van der Waals surface area contributed by atoms with Crippen LogP contribution in [0.15, 0.2) is 55.1 Å². The molecule has 3 aromatic heterocycles. The fourth-order valence-electron chi connectivity index (χ4n) is 2.14. The lowest BCUT2D eigenvalue weighted by Crippen LogP contribution is -2.25. The molecule has 0 aromatic carbocycles. The van der Waals surface area contributed by atoms with Crippen molar-refractivity contribution in [3.63, 3.8) is 0 Å². The second-order valence-electron chi connectivity index (χ2n) is 4.71. The molecule has 0 spiro atoms. The molecule has 0 unspecified atom stereocenters. The summed E-state index contributed by atoms with van der Waals surface area (Å²) in [5, 5.41) is 19.9. The molecule has 0 aliphatic heterocycles. The molecule has 0 fully saturated rings. The fourth-order valence-corrected chi connectivity index (χ4v) is 2.14. The first-order valence-electron chi connectivity index (χ1n) is 6.44. The van der Waals surface area contributed by atoms with Crippen LogP contribution in [0.4, 0.5) is 0 Å². The van der Waals surface area contributed by atoms with Crippen molar-refractivity contribution in [1.82, 2.24) is 9.97 Å². The predicted octanol–water partition coefficient (Wildman–Crippen LogP) is 2.05. The molecule has 0 aliphatic rings. The van der Waals surface area contributed by atoms with E-state index in [0.717, 1.165) is 0 Å². The molecule has 21 heavy (non-hydrogen) atoms. The Morgan fingerprint density at radius 2 is 1.67 bits per heavy atom. The van der Waals surface area contributed by atoms with Gasteiger partial charge in [0, 0.05) is 17.8 Å². The molecule has 0 amide bonds. The third-order valence-electron chi connectivity index (χ3n) is 3.18. The van der Waals surface area contributed by atoms with Crippen LogP contribution in [0.3, 0.4) is 0 Å². The Morgan fingerprint density at radius 3 is 2.33 bits per heavy atom. The number of aromatic nitrogens is 3. The largest absolute Gasteiger partial charge is 0.506 e. The quantitative estimate of drug-likeness (QED) is 0.705. The summed E-state index contributed by atoms with van der Waals surface area (Å²) >= 11 is 0. The molecule has 5 heteroatoms. The zero-order valence-electron chi connectivity index (χ0n) is 11.4. The Morgan fingerprint density at radius 1 is 0.952 bits per heavy atom. The van der Waals surface area contributed by atoms with Crippen LogP contribution >= 0.6 is 0 Å². The van der Waals surface area contributed by atoms with Gasteiger partial charge in [0.1, 0.15) is 12.8 Å². The van der Waals surface area contributed by atoms with Gasteiger partial charge < -0.3 is 10.2 Å². The lowest BCUT2D eigenvalue weighted by atomic mass is 10.1. The Kier molecular flexibility index (Phi) is 3.23. The molecule has 0 aliphatic carbocycles. The van der Waals surface area contributed by atoms with Crippen molar-refractivity contribution in [1.29, 1.82) is 0 Å². The lowest BCUT2D eigenvalue weighted by molar-refractivity contribution is -0.671. The van der Waals surface area contributed by atoms with E-state index in [9.17, 15) is 10.2 Å². The first-order chi connectivity index (χ1) is 10.1. The third-order valence-corrected chi connectivity index (χ3v) is 3.18. The van der Waals surface area contributed by atoms with Crippen LogP contribution in [0.25, 0.3) is 22.5 Å². The molecular weight excluding hydrogens is 266 g/mol. The maximum atomic E-state index is 10.0. The Labute approximate surface area is 121 Å². The highest BCUT2D eigenvalue weighted by Gasteiger charge is 2.12. The van der Waals surface area contributed by atoms with Crippen molar-refractivity contribution in [2.45, 2.75) is 0 Å². The summed E-state index contributed by atoms with van der Waals surface area (Å²) in [7, 11) is 1.84. The molecule has 3 rings (SSSR count). The van der Waals surface area contributed by atoms with Crippen molar-refractivity contribution in [3.8, 4) is 34.0 Å². The summed E-state index contributed by atoms with van der Waals surface area (Å²) in [6.07, 6.45) is 6.44. The molecule has 2 N–H and O–H groups in total. The van der Waals surface area contributed by atoms with E-state index in [0.29, 0.717) is 22.5 Å². The Balaban J connectivity index is 2.11. The average molecular weight is 280 g/mol. The van der Waals surface area contributed by atoms with E-state index in [-0.39, 0.29) is 11.5 Å². The van der Waals surface area contributed by atoms with E-state index in [1.165, 1.54) is 6.20 Å². The smallest absolute Gasteiger partial charge is 0.211 e. The number of hydrogen-bond donors (Lipinski definition) is 2. The number of aryl methyl sites for hydroxylation is 1. The van der Waals surface area contributed by atoms with Crippen molar-refractivity contribution < 1.29 is 14.8 Å². The predicted molar refractivity (Wildman–Crippen MR) is 77.4 cm³/mol. The Hall–Kier alpha value is -2.95. The average Bonchev–Trinajstić information content (AvgIpc) is 2.48. The highest BCUT2D eigenvalue weighted by molar-refractivity contribution is 5.71. The van der Waals surface area contributed by atoms with E-state index in [4.69, 9.17) is 0 Å². The standard InChI is InChI=1S/C16H13N3O2/c1-19-8-6-12(16(21)10-19)14-4-2-3-13(18-14)11-5-7-17-9-15(11)20/h2-10H,1H3,(H-,18,20,21)/p+1. The first kappa shape index (κ1) is 13.1. The van der Waals surface area contributed by atoms with E-state index >= 15 is 0 Å². The van der Waals surface area contributed by atoms with Crippen LogP contribution in [0.1, 0.15) is 0 Å². The van der Waals surface area contributed by atoms with Gasteiger partial charge in [-0.25, -0.2) is 9.55 Å². The van der Waals surface area contributed by atoms with Crippen LogP contribution in [-0.2, 0) is 7.05 Å². The van der Waals surface area contributed by atoms with Crippen LogP contribution in [0, 0.1) is 0 Å². The summed E-state index contributed by atoms with van der Waals surface area (Å²) in [5.74, 6) is 0.231. The van der Waals surface area contributed by atoms with Gasteiger partial charge in [0.15, 0.2) is 11.9 Å². The highest BCUT2D eigenvalue weighted by atomic mass is 16.3. The maximum absolute atomic E-state index is 10.0. The minimum atomic E-state index is 0.0748. The van der Waals surface area contributed by atoms with E-state index in [2.05, 4.69) is 9.97 Å². The van der Waals surface area contributed by atoms with Gasteiger partial charge in [0.2, 0.25) is 6.20 Å². The summed E-state index contributed by atoms with van der Waals surface area (Å²) in [5.41, 5.74) is 2.51. The van der Waals surface area contributed by atoms with Crippen molar-refractivity contribution in [2.24, 2.45) is 7.05 Å². The van der Waals surface area contributed by atoms with Gasteiger partial charge in [-0.2, -0.15) is 0 Å². The van der Waals surface area contributed by atoms with E-state index < -0.39 is 0 Å². The number of rotatable bonds is 2. The summed E-state index contributed by atoms with van der Waals surface area (Å²) in [4.78, 5) is 8.36. The molecule has 0 saturated carbocycles. The highest BCUT2D eigenvalue weighted by Crippen LogP contribution is 2.30. The van der Waals surface area contributed by atoms with Gasteiger partial charge in [-0.15, -0.1) is 0 Å². The van der Waals surface area contributed by atoms with Crippen molar-refractivity contribution >= 4 is 0 Å². The second-order valence-corrected chi connectivity index (χ2v) is 4.71. The number of nitrogens with zero attached hydrogens (tertiary/aromatic N) is 3. The first-order valence-corrected chi connectivity index (χ1v) is 6.44. The SMILES string of the molecule is C[n+]1ccc(-c2cccc(-c3ccncc3O)n2)c(O)c1. The summed E-state index contributed by atoms with van der Waals surface area (Å²) < 4.78 is 1.76. The van der Waals surface area contributed by atoms with Gasteiger partial charge in [-0.3, -0.25) is 4.98 Å². The zero-order valence-corrected chi connectivity index (χ0v) is 11.4. The molecule has 0 radical (unpaired) electrons. The lowest BCUT2D eigenvalue weighted by Gasteiger charge is -2.07. The van der Waals surface area contributed by atoms with E-state index in [1.807, 2.05) is 25.4 Å². The molecule has 5 nitrogen and oxygen atoms in total. The topological polar surface area (TPSA) is 70.1 Å². The molecular formula is C16H14N3O2+. The molecule has 104 valence electrons. The molecule has 0 atom stereocenters. The normalized spacial score (nSPS) is 10.5. The second kappa shape index (κ2) is 5.20.